The molecule has 2 amide bonds. The highest BCUT2D eigenvalue weighted by Gasteiger charge is 2.16. The Balaban J connectivity index is 2.00. The lowest BCUT2D eigenvalue weighted by Gasteiger charge is -2.16. The first kappa shape index (κ1) is 18.3. The number of benzene rings is 2. The average molecular weight is 342 g/mol. The van der Waals surface area contributed by atoms with Gasteiger partial charge >= 0.3 is 0 Å². The zero-order chi connectivity index (χ0) is 18.4. The zero-order valence-electron chi connectivity index (χ0n) is 14.8. The summed E-state index contributed by atoms with van der Waals surface area (Å²) >= 11 is 0. The zero-order valence-corrected chi connectivity index (χ0v) is 14.8. The van der Waals surface area contributed by atoms with Gasteiger partial charge in [0, 0.05) is 25.3 Å². The minimum atomic E-state index is -0.693. The topological polar surface area (TPSA) is 67.9 Å². The molecule has 0 fully saturated rings. The van der Waals surface area contributed by atoms with Gasteiger partial charge in [-0.15, -0.1) is 0 Å². The van der Waals surface area contributed by atoms with Crippen LogP contribution in [0.15, 0.2) is 48.5 Å². The molecule has 0 aliphatic rings. The van der Waals surface area contributed by atoms with Crippen molar-refractivity contribution in [3.05, 3.63) is 54.1 Å². The summed E-state index contributed by atoms with van der Waals surface area (Å²) in [7, 11) is 4.94. The third-order valence-electron chi connectivity index (χ3n) is 3.52. The maximum Gasteiger partial charge on any atom is 0.265 e. The number of nitrogens with zero attached hydrogens (tertiary/aromatic N) is 1. The van der Waals surface area contributed by atoms with E-state index in [0.717, 1.165) is 0 Å². The second-order valence-electron chi connectivity index (χ2n) is 5.71. The van der Waals surface area contributed by atoms with E-state index < -0.39 is 6.10 Å². The minimum absolute atomic E-state index is 0.126. The molecule has 1 N–H and O–H groups in total. The highest BCUT2D eigenvalue weighted by molar-refractivity contribution is 5.98. The second kappa shape index (κ2) is 8.19. The molecule has 2 aromatic rings. The number of rotatable bonds is 6. The molecule has 0 aromatic heterocycles. The molecule has 0 heterocycles. The molecule has 6 heteroatoms. The van der Waals surface area contributed by atoms with E-state index in [1.54, 1.807) is 76.7 Å². The SMILES string of the molecule is COc1ccc(OC(C)C(=O)Nc2cccc(C(=O)N(C)C)c2)cc1. The maximum atomic E-state index is 12.3. The smallest absolute Gasteiger partial charge is 0.265 e. The molecule has 2 aromatic carbocycles. The van der Waals surface area contributed by atoms with Gasteiger partial charge < -0.3 is 19.7 Å². The largest absolute Gasteiger partial charge is 0.497 e. The molecule has 0 saturated carbocycles. The molecule has 0 aliphatic heterocycles. The van der Waals surface area contributed by atoms with Crippen LogP contribution < -0.4 is 14.8 Å². The van der Waals surface area contributed by atoms with Crippen LogP contribution in [0.3, 0.4) is 0 Å². The van der Waals surface area contributed by atoms with Gasteiger partial charge in [0.2, 0.25) is 0 Å². The summed E-state index contributed by atoms with van der Waals surface area (Å²) in [6.07, 6.45) is -0.693. The number of ether oxygens (including phenoxy) is 2. The number of hydrogen-bond acceptors (Lipinski definition) is 4. The normalized spacial score (nSPS) is 11.4. The minimum Gasteiger partial charge on any atom is -0.497 e. The summed E-state index contributed by atoms with van der Waals surface area (Å²) in [6, 6.07) is 13.8. The van der Waals surface area contributed by atoms with E-state index in [2.05, 4.69) is 5.32 Å². The van der Waals surface area contributed by atoms with Crippen molar-refractivity contribution < 1.29 is 19.1 Å². The Morgan fingerprint density at radius 3 is 2.28 bits per heavy atom. The van der Waals surface area contributed by atoms with Gasteiger partial charge in [-0.2, -0.15) is 0 Å². The van der Waals surface area contributed by atoms with E-state index in [-0.39, 0.29) is 11.8 Å². The van der Waals surface area contributed by atoms with Gasteiger partial charge in [0.25, 0.3) is 11.8 Å². The number of nitrogens with one attached hydrogen (secondary N) is 1. The number of carbonyl (C=O) groups is 2. The van der Waals surface area contributed by atoms with Crippen molar-refractivity contribution in [2.45, 2.75) is 13.0 Å². The van der Waals surface area contributed by atoms with Crippen LogP contribution in [0.1, 0.15) is 17.3 Å². The predicted octanol–water partition coefficient (Wildman–Crippen LogP) is 2.80. The monoisotopic (exact) mass is 342 g/mol. The Hall–Kier alpha value is -3.02. The maximum absolute atomic E-state index is 12.3. The van der Waals surface area contributed by atoms with Crippen molar-refractivity contribution in [1.82, 2.24) is 4.90 Å². The molecule has 0 aliphatic carbocycles. The van der Waals surface area contributed by atoms with Gasteiger partial charge in [-0.25, -0.2) is 0 Å². The molecule has 0 radical (unpaired) electrons. The van der Waals surface area contributed by atoms with Gasteiger partial charge in [0.05, 0.1) is 7.11 Å². The molecule has 0 bridgehead atoms. The van der Waals surface area contributed by atoms with Crippen LogP contribution in [-0.4, -0.2) is 44.0 Å². The summed E-state index contributed by atoms with van der Waals surface area (Å²) in [5.74, 6) is 0.857. The summed E-state index contributed by atoms with van der Waals surface area (Å²) in [6.45, 7) is 1.66. The van der Waals surface area contributed by atoms with Crippen molar-refractivity contribution in [3.8, 4) is 11.5 Å². The second-order valence-corrected chi connectivity index (χ2v) is 5.71. The molecule has 6 nitrogen and oxygen atoms in total. The lowest BCUT2D eigenvalue weighted by atomic mass is 10.1. The van der Waals surface area contributed by atoms with Gasteiger partial charge in [-0.05, 0) is 49.4 Å². The summed E-state index contributed by atoms with van der Waals surface area (Å²) in [5, 5.41) is 2.76. The fraction of sp³-hybridized carbons (Fsp3) is 0.263. The molecule has 0 spiro atoms. The van der Waals surface area contributed by atoms with E-state index in [9.17, 15) is 9.59 Å². The number of anilines is 1. The van der Waals surface area contributed by atoms with Gasteiger partial charge in [-0.1, -0.05) is 6.07 Å². The fourth-order valence-corrected chi connectivity index (χ4v) is 2.14. The quantitative estimate of drug-likeness (QED) is 0.876. The lowest BCUT2D eigenvalue weighted by Crippen LogP contribution is -2.30. The Labute approximate surface area is 147 Å². The molecule has 0 saturated heterocycles. The Morgan fingerprint density at radius 1 is 1.04 bits per heavy atom. The van der Waals surface area contributed by atoms with Crippen LogP contribution in [0.5, 0.6) is 11.5 Å². The molecule has 1 unspecified atom stereocenters. The van der Waals surface area contributed by atoms with E-state index in [1.807, 2.05) is 0 Å². The molecular weight excluding hydrogens is 320 g/mol. The van der Waals surface area contributed by atoms with E-state index in [1.165, 1.54) is 4.90 Å². The predicted molar refractivity (Wildman–Crippen MR) is 96.2 cm³/mol. The van der Waals surface area contributed by atoms with Crippen molar-refractivity contribution in [1.29, 1.82) is 0 Å². The fourth-order valence-electron chi connectivity index (χ4n) is 2.14. The molecule has 132 valence electrons. The average Bonchev–Trinajstić information content (AvgIpc) is 2.61. The lowest BCUT2D eigenvalue weighted by molar-refractivity contribution is -0.122. The summed E-state index contributed by atoms with van der Waals surface area (Å²) in [4.78, 5) is 25.8. The number of carbonyl (C=O) groups excluding carboxylic acids is 2. The third kappa shape index (κ3) is 4.97. The van der Waals surface area contributed by atoms with Crippen molar-refractivity contribution in [3.63, 3.8) is 0 Å². The molecule has 2 rings (SSSR count). The van der Waals surface area contributed by atoms with Crippen LogP contribution in [0.2, 0.25) is 0 Å². The number of hydrogen-bond donors (Lipinski definition) is 1. The molecule has 25 heavy (non-hydrogen) atoms. The van der Waals surface area contributed by atoms with E-state index in [4.69, 9.17) is 9.47 Å². The Morgan fingerprint density at radius 2 is 1.68 bits per heavy atom. The summed E-state index contributed by atoms with van der Waals surface area (Å²) in [5.41, 5.74) is 1.05. The van der Waals surface area contributed by atoms with Crippen molar-refractivity contribution in [2.24, 2.45) is 0 Å². The van der Waals surface area contributed by atoms with Crippen molar-refractivity contribution >= 4 is 17.5 Å². The standard InChI is InChI=1S/C19H22N2O4/c1-13(25-17-10-8-16(24-4)9-11-17)18(22)20-15-7-5-6-14(12-15)19(23)21(2)3/h5-13H,1-4H3,(H,20,22). The summed E-state index contributed by atoms with van der Waals surface area (Å²) < 4.78 is 10.7. The van der Waals surface area contributed by atoms with Crippen LogP contribution >= 0.6 is 0 Å². The Bertz CT molecular complexity index is 741. The molecule has 1 atom stereocenters. The first-order valence-corrected chi connectivity index (χ1v) is 7.84. The number of amides is 2. The van der Waals surface area contributed by atoms with Gasteiger partial charge in [0.1, 0.15) is 11.5 Å². The highest BCUT2D eigenvalue weighted by Crippen LogP contribution is 2.19. The highest BCUT2D eigenvalue weighted by atomic mass is 16.5. The van der Waals surface area contributed by atoms with Crippen LogP contribution in [0, 0.1) is 0 Å². The van der Waals surface area contributed by atoms with Crippen molar-refractivity contribution in [2.75, 3.05) is 26.5 Å². The van der Waals surface area contributed by atoms with Gasteiger partial charge in [0.15, 0.2) is 6.10 Å². The molecular formula is C19H22N2O4. The van der Waals surface area contributed by atoms with Gasteiger partial charge in [-0.3, -0.25) is 9.59 Å². The first-order chi connectivity index (χ1) is 11.9. The third-order valence-corrected chi connectivity index (χ3v) is 3.52. The van der Waals surface area contributed by atoms with E-state index in [0.29, 0.717) is 22.7 Å². The van der Waals surface area contributed by atoms with Crippen LogP contribution in [-0.2, 0) is 4.79 Å². The first-order valence-electron chi connectivity index (χ1n) is 7.84. The van der Waals surface area contributed by atoms with Crippen LogP contribution in [0.25, 0.3) is 0 Å². The number of methoxy groups -OCH3 is 1. The van der Waals surface area contributed by atoms with E-state index >= 15 is 0 Å². The van der Waals surface area contributed by atoms with Crippen LogP contribution in [0.4, 0.5) is 5.69 Å². The Kier molecular flexibility index (Phi) is 6.00.